The molecule has 0 atom stereocenters. The van der Waals surface area contributed by atoms with Gasteiger partial charge in [-0.25, -0.2) is 4.98 Å². The molecule has 0 aliphatic carbocycles. The van der Waals surface area contributed by atoms with Gasteiger partial charge in [0, 0.05) is 37.9 Å². The van der Waals surface area contributed by atoms with E-state index in [0.717, 1.165) is 66.2 Å². The normalized spacial score (nSPS) is 14.4. The number of pyridine rings is 1. The minimum atomic E-state index is 0.127. The zero-order valence-corrected chi connectivity index (χ0v) is 18.2. The van der Waals surface area contributed by atoms with Crippen molar-refractivity contribution in [1.29, 1.82) is 0 Å². The van der Waals surface area contributed by atoms with Crippen molar-refractivity contribution in [2.75, 3.05) is 20.2 Å². The Hall–Kier alpha value is -3.13. The monoisotopic (exact) mass is 424 g/mol. The van der Waals surface area contributed by atoms with Crippen LogP contribution in [0.2, 0.25) is 0 Å². The van der Waals surface area contributed by atoms with Crippen molar-refractivity contribution < 1.29 is 13.9 Å². The number of nitroso groups, excluding NO2 is 1. The molecule has 3 heterocycles. The maximum absolute atomic E-state index is 10.8. The molecule has 164 valence electrons. The average molecular weight is 425 g/mol. The molecule has 8 heteroatoms. The van der Waals surface area contributed by atoms with Gasteiger partial charge in [0.25, 0.3) is 0 Å². The van der Waals surface area contributed by atoms with Crippen molar-refractivity contribution in [2.24, 2.45) is 5.18 Å². The van der Waals surface area contributed by atoms with Gasteiger partial charge in [0.1, 0.15) is 12.1 Å². The van der Waals surface area contributed by atoms with Gasteiger partial charge in [0.2, 0.25) is 6.41 Å². The van der Waals surface area contributed by atoms with Crippen LogP contribution in [0.5, 0.6) is 0 Å². The molecular weight excluding hydrogens is 396 g/mol. The van der Waals surface area contributed by atoms with Gasteiger partial charge in [0.15, 0.2) is 11.5 Å². The van der Waals surface area contributed by atoms with E-state index in [4.69, 9.17) is 9.15 Å². The highest BCUT2D eigenvalue weighted by Crippen LogP contribution is 2.31. The molecule has 1 aliphatic heterocycles. The fraction of sp³-hybridized carbons (Fsp3) is 0.435. The minimum absolute atomic E-state index is 0.127. The molecule has 0 unspecified atom stereocenters. The summed E-state index contributed by atoms with van der Waals surface area (Å²) in [6.07, 6.45) is 4.68. The van der Waals surface area contributed by atoms with Gasteiger partial charge >= 0.3 is 0 Å². The molecule has 4 rings (SSSR count). The maximum Gasteiger partial charge on any atom is 0.209 e. The maximum atomic E-state index is 10.8. The number of hydrogen-bond acceptors (Lipinski definition) is 7. The van der Waals surface area contributed by atoms with Gasteiger partial charge in [-0.2, -0.15) is 4.91 Å². The standard InChI is InChI=1S/C19H18N4O3.C4H10O/c24-12-23-7-5-14(6-8-23)19-22-17-9-15(2-4-18(17)26-19)16-3-1-13(10-20-16)11-21-25;1-4(2)5-3/h1-4,9-10,12,14H,5-8,11H2;4H,1-3H3. The van der Waals surface area contributed by atoms with E-state index in [1.807, 2.05) is 44.2 Å². The Balaban J connectivity index is 0.000000491. The Bertz CT molecular complexity index is 992. The molecule has 0 spiro atoms. The lowest BCUT2D eigenvalue weighted by Crippen LogP contribution is -2.31. The second-order valence-corrected chi connectivity index (χ2v) is 7.77. The highest BCUT2D eigenvalue weighted by Gasteiger charge is 2.24. The summed E-state index contributed by atoms with van der Waals surface area (Å²) in [7, 11) is 1.70. The molecule has 0 bridgehead atoms. The van der Waals surface area contributed by atoms with Crippen LogP contribution in [0.3, 0.4) is 0 Å². The SMILES string of the molecule is COC(C)C.O=CN1CCC(c2nc3cc(-c4ccc(CN=O)cn4)ccc3o2)CC1. The summed E-state index contributed by atoms with van der Waals surface area (Å²) in [5.74, 6) is 0.985. The predicted octanol–water partition coefficient (Wildman–Crippen LogP) is 4.53. The first-order chi connectivity index (χ1) is 15.0. The van der Waals surface area contributed by atoms with Crippen molar-refractivity contribution in [1.82, 2.24) is 14.9 Å². The number of likely N-dealkylation sites (tertiary alicyclic amines) is 1. The van der Waals surface area contributed by atoms with E-state index < -0.39 is 0 Å². The first-order valence-electron chi connectivity index (χ1n) is 10.4. The van der Waals surface area contributed by atoms with Crippen LogP contribution in [0.1, 0.15) is 44.1 Å². The number of hydrogen-bond donors (Lipinski definition) is 0. The predicted molar refractivity (Wildman–Crippen MR) is 118 cm³/mol. The molecule has 0 saturated carbocycles. The minimum Gasteiger partial charge on any atom is -0.440 e. The van der Waals surface area contributed by atoms with E-state index in [9.17, 15) is 9.70 Å². The van der Waals surface area contributed by atoms with Crippen molar-refractivity contribution in [3.8, 4) is 11.3 Å². The molecule has 2 aromatic heterocycles. The third-order valence-electron chi connectivity index (χ3n) is 5.27. The highest BCUT2D eigenvalue weighted by molar-refractivity contribution is 5.79. The summed E-state index contributed by atoms with van der Waals surface area (Å²) < 4.78 is 10.7. The fourth-order valence-electron chi connectivity index (χ4n) is 3.29. The molecule has 1 fully saturated rings. The summed E-state index contributed by atoms with van der Waals surface area (Å²) in [6, 6.07) is 9.54. The van der Waals surface area contributed by atoms with E-state index in [1.165, 1.54) is 0 Å². The summed E-state index contributed by atoms with van der Waals surface area (Å²) in [5.41, 5.74) is 4.10. The van der Waals surface area contributed by atoms with Crippen LogP contribution in [0.15, 0.2) is 46.1 Å². The lowest BCUT2D eigenvalue weighted by Gasteiger charge is -2.27. The van der Waals surface area contributed by atoms with Gasteiger partial charge in [-0.05, 0) is 56.5 Å². The van der Waals surface area contributed by atoms with E-state index in [-0.39, 0.29) is 12.5 Å². The molecule has 0 radical (unpaired) electrons. The van der Waals surface area contributed by atoms with Gasteiger partial charge in [-0.15, -0.1) is 0 Å². The second kappa shape index (κ2) is 10.8. The molecule has 0 N–H and O–H groups in total. The topological polar surface area (TPSA) is 97.9 Å². The van der Waals surface area contributed by atoms with Crippen LogP contribution < -0.4 is 0 Å². The zero-order chi connectivity index (χ0) is 22.2. The smallest absolute Gasteiger partial charge is 0.209 e. The van der Waals surface area contributed by atoms with Crippen molar-refractivity contribution in [3.63, 3.8) is 0 Å². The highest BCUT2D eigenvalue weighted by atomic mass is 16.5. The Morgan fingerprint density at radius 2 is 2.00 bits per heavy atom. The Kier molecular flexibility index (Phi) is 7.83. The van der Waals surface area contributed by atoms with Crippen molar-refractivity contribution >= 4 is 17.5 Å². The number of fused-ring (bicyclic) bond motifs is 1. The van der Waals surface area contributed by atoms with Crippen LogP contribution in [-0.2, 0) is 16.1 Å². The van der Waals surface area contributed by atoms with E-state index in [0.29, 0.717) is 6.10 Å². The van der Waals surface area contributed by atoms with Gasteiger partial charge < -0.3 is 14.1 Å². The van der Waals surface area contributed by atoms with Crippen LogP contribution in [0.4, 0.5) is 0 Å². The molecule has 3 aromatic rings. The molecular formula is C23H28N4O4. The van der Waals surface area contributed by atoms with Crippen LogP contribution >= 0.6 is 0 Å². The summed E-state index contributed by atoms with van der Waals surface area (Å²) in [6.45, 7) is 5.61. The van der Waals surface area contributed by atoms with Crippen molar-refractivity contribution in [3.05, 3.63) is 52.9 Å². The molecule has 31 heavy (non-hydrogen) atoms. The molecule has 8 nitrogen and oxygen atoms in total. The number of piperidine rings is 1. The van der Waals surface area contributed by atoms with Crippen molar-refractivity contribution in [2.45, 2.75) is 45.3 Å². The number of ether oxygens (including phenoxy) is 1. The Morgan fingerprint density at radius 1 is 1.26 bits per heavy atom. The van der Waals surface area contributed by atoms with Crippen LogP contribution in [0.25, 0.3) is 22.4 Å². The van der Waals surface area contributed by atoms with E-state index in [1.54, 1.807) is 18.2 Å². The number of amides is 1. The van der Waals surface area contributed by atoms with Crippen LogP contribution in [0, 0.1) is 4.91 Å². The van der Waals surface area contributed by atoms with Gasteiger partial charge in [-0.3, -0.25) is 9.78 Å². The molecule has 1 saturated heterocycles. The average Bonchev–Trinajstić information content (AvgIpc) is 3.23. The number of oxazole rings is 1. The quantitative estimate of drug-likeness (QED) is 0.426. The third kappa shape index (κ3) is 5.95. The number of aromatic nitrogens is 2. The summed E-state index contributed by atoms with van der Waals surface area (Å²) in [5, 5.41) is 2.87. The number of rotatable bonds is 6. The van der Waals surface area contributed by atoms with Gasteiger partial charge in [-0.1, -0.05) is 11.2 Å². The van der Waals surface area contributed by atoms with E-state index >= 15 is 0 Å². The number of benzene rings is 1. The lowest BCUT2D eigenvalue weighted by molar-refractivity contribution is -0.119. The number of carbonyl (C=O) groups excluding carboxylic acids is 1. The second-order valence-electron chi connectivity index (χ2n) is 7.77. The number of methoxy groups -OCH3 is 1. The van der Waals surface area contributed by atoms with Crippen LogP contribution in [-0.4, -0.2) is 47.6 Å². The zero-order valence-electron chi connectivity index (χ0n) is 18.2. The third-order valence-corrected chi connectivity index (χ3v) is 5.27. The molecule has 1 aromatic carbocycles. The first kappa shape index (κ1) is 22.6. The molecule has 1 amide bonds. The first-order valence-corrected chi connectivity index (χ1v) is 10.4. The molecule has 1 aliphatic rings. The summed E-state index contributed by atoms with van der Waals surface area (Å²) >= 11 is 0. The number of carbonyl (C=O) groups is 1. The summed E-state index contributed by atoms with van der Waals surface area (Å²) in [4.78, 5) is 32.0. The lowest BCUT2D eigenvalue weighted by atomic mass is 9.97. The van der Waals surface area contributed by atoms with E-state index in [2.05, 4.69) is 15.1 Å². The Labute approximate surface area is 181 Å². The fourth-order valence-corrected chi connectivity index (χ4v) is 3.29. The van der Waals surface area contributed by atoms with Gasteiger partial charge in [0.05, 0.1) is 11.8 Å². The largest absolute Gasteiger partial charge is 0.440 e. The Morgan fingerprint density at radius 3 is 2.58 bits per heavy atom. The number of nitrogens with zero attached hydrogens (tertiary/aromatic N) is 4.